The fourth-order valence-electron chi connectivity index (χ4n) is 1.74. The summed E-state index contributed by atoms with van der Waals surface area (Å²) in [7, 11) is 0. The summed E-state index contributed by atoms with van der Waals surface area (Å²) in [5.41, 5.74) is 5.78. The molecule has 0 bridgehead atoms. The molecule has 0 aliphatic rings. The van der Waals surface area contributed by atoms with Crippen molar-refractivity contribution in [1.82, 2.24) is 10.2 Å². The van der Waals surface area contributed by atoms with Crippen molar-refractivity contribution in [3.8, 4) is 0 Å². The SMILES string of the molecule is CCCC[C@H](N)C(=O)NCCCN(CC)CC. The second-order valence-corrected chi connectivity index (χ2v) is 4.42. The van der Waals surface area contributed by atoms with Crippen molar-refractivity contribution >= 4 is 5.91 Å². The topological polar surface area (TPSA) is 58.4 Å². The first-order chi connectivity index (χ1) is 8.15. The van der Waals surface area contributed by atoms with Crippen LogP contribution in [0.2, 0.25) is 0 Å². The third kappa shape index (κ3) is 8.16. The fourth-order valence-corrected chi connectivity index (χ4v) is 1.74. The zero-order valence-corrected chi connectivity index (χ0v) is 11.7. The lowest BCUT2D eigenvalue weighted by Gasteiger charge is -2.18. The number of hydrogen-bond acceptors (Lipinski definition) is 3. The lowest BCUT2D eigenvalue weighted by Crippen LogP contribution is -2.41. The number of carbonyl (C=O) groups excluding carboxylic acids is 1. The minimum atomic E-state index is -0.330. The highest BCUT2D eigenvalue weighted by molar-refractivity contribution is 5.81. The van der Waals surface area contributed by atoms with Crippen molar-refractivity contribution in [3.05, 3.63) is 0 Å². The monoisotopic (exact) mass is 243 g/mol. The third-order valence-electron chi connectivity index (χ3n) is 3.05. The van der Waals surface area contributed by atoms with Gasteiger partial charge in [0, 0.05) is 6.54 Å². The molecule has 0 radical (unpaired) electrons. The van der Waals surface area contributed by atoms with Gasteiger partial charge in [0.2, 0.25) is 5.91 Å². The first-order valence-corrected chi connectivity index (χ1v) is 6.91. The van der Waals surface area contributed by atoms with Crippen LogP contribution in [0.25, 0.3) is 0 Å². The molecule has 0 aromatic carbocycles. The number of rotatable bonds is 10. The van der Waals surface area contributed by atoms with Crippen LogP contribution in [-0.4, -0.2) is 43.0 Å². The molecule has 0 spiro atoms. The lowest BCUT2D eigenvalue weighted by molar-refractivity contribution is -0.122. The van der Waals surface area contributed by atoms with Gasteiger partial charge in [0.1, 0.15) is 0 Å². The van der Waals surface area contributed by atoms with Crippen LogP contribution < -0.4 is 11.1 Å². The molecule has 0 aromatic heterocycles. The Bertz CT molecular complexity index is 193. The Morgan fingerprint density at radius 2 is 1.88 bits per heavy atom. The van der Waals surface area contributed by atoms with Crippen LogP contribution in [0.5, 0.6) is 0 Å². The van der Waals surface area contributed by atoms with Crippen LogP contribution in [0.1, 0.15) is 46.5 Å². The number of carbonyl (C=O) groups is 1. The van der Waals surface area contributed by atoms with Crippen molar-refractivity contribution in [2.24, 2.45) is 5.73 Å². The summed E-state index contributed by atoms with van der Waals surface area (Å²) < 4.78 is 0. The molecule has 0 fully saturated rings. The van der Waals surface area contributed by atoms with Crippen molar-refractivity contribution < 1.29 is 4.79 Å². The molecule has 0 unspecified atom stereocenters. The number of nitrogens with one attached hydrogen (secondary N) is 1. The normalized spacial score (nSPS) is 12.8. The molecule has 4 heteroatoms. The van der Waals surface area contributed by atoms with Crippen molar-refractivity contribution in [3.63, 3.8) is 0 Å². The molecule has 0 aliphatic heterocycles. The van der Waals surface area contributed by atoms with E-state index in [2.05, 4.69) is 31.0 Å². The van der Waals surface area contributed by atoms with Gasteiger partial charge >= 0.3 is 0 Å². The Morgan fingerprint density at radius 3 is 2.41 bits per heavy atom. The van der Waals surface area contributed by atoms with Crippen molar-refractivity contribution in [2.75, 3.05) is 26.2 Å². The van der Waals surface area contributed by atoms with Gasteiger partial charge in [-0.3, -0.25) is 4.79 Å². The average molecular weight is 243 g/mol. The summed E-state index contributed by atoms with van der Waals surface area (Å²) in [6.45, 7) is 10.3. The second-order valence-electron chi connectivity index (χ2n) is 4.42. The Balaban J connectivity index is 3.56. The number of amides is 1. The molecule has 4 nitrogen and oxygen atoms in total. The smallest absolute Gasteiger partial charge is 0.236 e. The maximum absolute atomic E-state index is 11.6. The summed E-state index contributed by atoms with van der Waals surface area (Å²) in [4.78, 5) is 13.9. The Hall–Kier alpha value is -0.610. The molecule has 0 heterocycles. The molecule has 17 heavy (non-hydrogen) atoms. The molecule has 102 valence electrons. The lowest BCUT2D eigenvalue weighted by atomic mass is 10.1. The van der Waals surface area contributed by atoms with E-state index in [1.54, 1.807) is 0 Å². The highest BCUT2D eigenvalue weighted by Gasteiger charge is 2.11. The largest absolute Gasteiger partial charge is 0.355 e. The van der Waals surface area contributed by atoms with Crippen LogP contribution >= 0.6 is 0 Å². The van der Waals surface area contributed by atoms with Crippen LogP contribution in [0.3, 0.4) is 0 Å². The molecule has 0 rings (SSSR count). The van der Waals surface area contributed by atoms with Gasteiger partial charge in [-0.15, -0.1) is 0 Å². The van der Waals surface area contributed by atoms with Gasteiger partial charge in [-0.25, -0.2) is 0 Å². The van der Waals surface area contributed by atoms with Gasteiger partial charge in [0.15, 0.2) is 0 Å². The number of hydrogen-bond donors (Lipinski definition) is 2. The zero-order valence-electron chi connectivity index (χ0n) is 11.7. The molecule has 0 saturated carbocycles. The van der Waals surface area contributed by atoms with Gasteiger partial charge in [0.25, 0.3) is 0 Å². The van der Waals surface area contributed by atoms with Crippen molar-refractivity contribution in [1.29, 1.82) is 0 Å². The van der Waals surface area contributed by atoms with Crippen LogP contribution in [0.15, 0.2) is 0 Å². The van der Waals surface area contributed by atoms with Gasteiger partial charge in [-0.2, -0.15) is 0 Å². The second kappa shape index (κ2) is 10.5. The number of nitrogens with zero attached hydrogens (tertiary/aromatic N) is 1. The minimum Gasteiger partial charge on any atom is -0.355 e. The van der Waals surface area contributed by atoms with Gasteiger partial charge in [0.05, 0.1) is 6.04 Å². The molecule has 1 atom stereocenters. The summed E-state index contributed by atoms with van der Waals surface area (Å²) in [6, 6.07) is -0.330. The summed E-state index contributed by atoms with van der Waals surface area (Å²) in [6.07, 6.45) is 3.89. The highest BCUT2D eigenvalue weighted by atomic mass is 16.2. The predicted molar refractivity (Wildman–Crippen MR) is 72.9 cm³/mol. The average Bonchev–Trinajstić information content (AvgIpc) is 2.35. The maximum atomic E-state index is 11.6. The molecular weight excluding hydrogens is 214 g/mol. The third-order valence-corrected chi connectivity index (χ3v) is 3.05. The highest BCUT2D eigenvalue weighted by Crippen LogP contribution is 1.98. The Kier molecular flexibility index (Phi) is 10.2. The number of unbranched alkanes of at least 4 members (excludes halogenated alkanes) is 1. The van der Waals surface area contributed by atoms with E-state index in [4.69, 9.17) is 5.73 Å². The molecule has 3 N–H and O–H groups in total. The van der Waals surface area contributed by atoms with Crippen LogP contribution in [0, 0.1) is 0 Å². The maximum Gasteiger partial charge on any atom is 0.236 e. The predicted octanol–water partition coefficient (Wildman–Crippen LogP) is 1.35. The van der Waals surface area contributed by atoms with Gasteiger partial charge in [-0.1, -0.05) is 33.6 Å². The van der Waals surface area contributed by atoms with Gasteiger partial charge in [-0.05, 0) is 32.5 Å². The van der Waals surface area contributed by atoms with E-state index in [1.807, 2.05) is 0 Å². The quantitative estimate of drug-likeness (QED) is 0.569. The van der Waals surface area contributed by atoms with Crippen molar-refractivity contribution in [2.45, 2.75) is 52.5 Å². The fraction of sp³-hybridized carbons (Fsp3) is 0.923. The standard InChI is InChI=1S/C13H29N3O/c1-4-7-9-12(14)13(17)15-10-8-11-16(5-2)6-3/h12H,4-11,14H2,1-3H3,(H,15,17)/t12-/m0/s1. The minimum absolute atomic E-state index is 0.00185. The first-order valence-electron chi connectivity index (χ1n) is 6.91. The Labute approximate surface area is 106 Å². The van der Waals surface area contributed by atoms with E-state index in [9.17, 15) is 4.79 Å². The van der Waals surface area contributed by atoms with E-state index in [1.165, 1.54) is 0 Å². The van der Waals surface area contributed by atoms with E-state index in [-0.39, 0.29) is 11.9 Å². The van der Waals surface area contributed by atoms with E-state index < -0.39 is 0 Å². The first kappa shape index (κ1) is 16.4. The Morgan fingerprint density at radius 1 is 1.24 bits per heavy atom. The van der Waals surface area contributed by atoms with Crippen LogP contribution in [-0.2, 0) is 4.79 Å². The van der Waals surface area contributed by atoms with Crippen LogP contribution in [0.4, 0.5) is 0 Å². The zero-order chi connectivity index (χ0) is 13.1. The summed E-state index contributed by atoms with van der Waals surface area (Å²) in [5.74, 6) is -0.00185. The molecule has 1 amide bonds. The molecular formula is C13H29N3O. The van der Waals surface area contributed by atoms with E-state index in [0.29, 0.717) is 0 Å². The van der Waals surface area contributed by atoms with Gasteiger partial charge < -0.3 is 16.0 Å². The van der Waals surface area contributed by atoms with E-state index >= 15 is 0 Å². The number of nitrogens with two attached hydrogens (primary N) is 1. The summed E-state index contributed by atoms with van der Waals surface area (Å²) >= 11 is 0. The van der Waals surface area contributed by atoms with E-state index in [0.717, 1.165) is 51.9 Å². The summed E-state index contributed by atoms with van der Waals surface area (Å²) in [5, 5.41) is 2.90. The molecule has 0 aromatic rings. The molecule has 0 aliphatic carbocycles. The molecule has 0 saturated heterocycles.